The van der Waals surface area contributed by atoms with Gasteiger partial charge in [0.2, 0.25) is 0 Å². The molecule has 2 heteroatoms. The fourth-order valence-corrected chi connectivity index (χ4v) is 2.48. The molecule has 1 saturated heterocycles. The summed E-state index contributed by atoms with van der Waals surface area (Å²) in [6.07, 6.45) is 2.75. The maximum Gasteiger partial charge on any atom is 0.0598 e. The van der Waals surface area contributed by atoms with Gasteiger partial charge in [0.1, 0.15) is 0 Å². The molecule has 0 amide bonds. The zero-order valence-corrected chi connectivity index (χ0v) is 12.6. The van der Waals surface area contributed by atoms with Gasteiger partial charge in [-0.05, 0) is 52.4 Å². The standard InChI is InChI=1S/C15H31NO/c1-12-7-8-14(3)16(9-12)10-13(2)11-17-15(4,5)6/h12-14H,7-11H2,1-6H3/t12-,13-,14+/m1/s1. The Bertz CT molecular complexity index is 221. The number of hydrogen-bond acceptors (Lipinski definition) is 2. The van der Waals surface area contributed by atoms with Crippen molar-refractivity contribution in [3.05, 3.63) is 0 Å². The zero-order chi connectivity index (χ0) is 13.1. The number of likely N-dealkylation sites (tertiary alicyclic amines) is 1. The van der Waals surface area contributed by atoms with Gasteiger partial charge in [-0.1, -0.05) is 13.8 Å². The van der Waals surface area contributed by atoms with Gasteiger partial charge in [-0.2, -0.15) is 0 Å². The highest BCUT2D eigenvalue weighted by molar-refractivity contribution is 4.78. The van der Waals surface area contributed by atoms with Crippen LogP contribution in [0.15, 0.2) is 0 Å². The van der Waals surface area contributed by atoms with Gasteiger partial charge < -0.3 is 9.64 Å². The first-order chi connectivity index (χ1) is 7.78. The fourth-order valence-electron chi connectivity index (χ4n) is 2.48. The van der Waals surface area contributed by atoms with Crippen LogP contribution in [0.2, 0.25) is 0 Å². The summed E-state index contributed by atoms with van der Waals surface area (Å²) in [5.74, 6) is 1.49. The van der Waals surface area contributed by atoms with Crippen LogP contribution >= 0.6 is 0 Å². The van der Waals surface area contributed by atoms with Crippen LogP contribution in [0.3, 0.4) is 0 Å². The van der Waals surface area contributed by atoms with E-state index < -0.39 is 0 Å². The molecule has 1 aliphatic heterocycles. The lowest BCUT2D eigenvalue weighted by Gasteiger charge is -2.38. The maximum absolute atomic E-state index is 5.87. The van der Waals surface area contributed by atoms with Crippen LogP contribution in [0.4, 0.5) is 0 Å². The highest BCUT2D eigenvalue weighted by Crippen LogP contribution is 2.22. The van der Waals surface area contributed by atoms with E-state index in [4.69, 9.17) is 4.74 Å². The Balaban J connectivity index is 2.31. The second-order valence-electron chi connectivity index (χ2n) is 7.01. The zero-order valence-electron chi connectivity index (χ0n) is 12.6. The van der Waals surface area contributed by atoms with Crippen LogP contribution in [0.25, 0.3) is 0 Å². The molecule has 1 fully saturated rings. The lowest BCUT2D eigenvalue weighted by molar-refractivity contribution is -0.0288. The van der Waals surface area contributed by atoms with E-state index in [9.17, 15) is 0 Å². The van der Waals surface area contributed by atoms with Crippen molar-refractivity contribution in [2.75, 3.05) is 19.7 Å². The maximum atomic E-state index is 5.87. The average Bonchev–Trinajstić information content (AvgIpc) is 2.20. The van der Waals surface area contributed by atoms with Gasteiger partial charge in [-0.25, -0.2) is 0 Å². The monoisotopic (exact) mass is 241 g/mol. The van der Waals surface area contributed by atoms with Gasteiger partial charge in [0.25, 0.3) is 0 Å². The van der Waals surface area contributed by atoms with E-state index in [2.05, 4.69) is 46.4 Å². The van der Waals surface area contributed by atoms with Gasteiger partial charge in [0, 0.05) is 19.1 Å². The summed E-state index contributed by atoms with van der Waals surface area (Å²) in [4.78, 5) is 2.64. The molecule has 102 valence electrons. The Hall–Kier alpha value is -0.0800. The minimum atomic E-state index is -0.00489. The van der Waals surface area contributed by atoms with Crippen molar-refractivity contribution in [1.82, 2.24) is 4.90 Å². The van der Waals surface area contributed by atoms with Crippen molar-refractivity contribution < 1.29 is 4.74 Å². The molecular weight excluding hydrogens is 210 g/mol. The van der Waals surface area contributed by atoms with E-state index in [1.807, 2.05) is 0 Å². The van der Waals surface area contributed by atoms with Crippen molar-refractivity contribution in [3.63, 3.8) is 0 Å². The van der Waals surface area contributed by atoms with E-state index in [0.717, 1.165) is 18.6 Å². The molecule has 0 spiro atoms. The first-order valence-electron chi connectivity index (χ1n) is 7.16. The van der Waals surface area contributed by atoms with Gasteiger partial charge in [0.05, 0.1) is 12.2 Å². The molecule has 2 nitrogen and oxygen atoms in total. The van der Waals surface area contributed by atoms with Crippen molar-refractivity contribution in [3.8, 4) is 0 Å². The molecular formula is C15H31NO. The first kappa shape index (κ1) is 15.0. The molecule has 1 aliphatic rings. The van der Waals surface area contributed by atoms with E-state index in [-0.39, 0.29) is 5.60 Å². The number of nitrogens with zero attached hydrogens (tertiary/aromatic N) is 1. The van der Waals surface area contributed by atoms with Crippen molar-refractivity contribution in [1.29, 1.82) is 0 Å². The van der Waals surface area contributed by atoms with Crippen LogP contribution in [0.1, 0.15) is 54.4 Å². The van der Waals surface area contributed by atoms with Crippen LogP contribution in [-0.4, -0.2) is 36.2 Å². The first-order valence-corrected chi connectivity index (χ1v) is 7.16. The minimum absolute atomic E-state index is 0.00489. The molecule has 3 atom stereocenters. The Morgan fingerprint density at radius 3 is 2.47 bits per heavy atom. The molecule has 17 heavy (non-hydrogen) atoms. The Morgan fingerprint density at radius 1 is 1.24 bits per heavy atom. The van der Waals surface area contributed by atoms with E-state index in [1.165, 1.54) is 25.9 Å². The molecule has 0 aromatic rings. The van der Waals surface area contributed by atoms with E-state index >= 15 is 0 Å². The summed E-state index contributed by atoms with van der Waals surface area (Å²) in [5.41, 5.74) is -0.00489. The third kappa shape index (κ3) is 5.87. The van der Waals surface area contributed by atoms with Crippen LogP contribution in [0.5, 0.6) is 0 Å². The highest BCUT2D eigenvalue weighted by Gasteiger charge is 2.24. The largest absolute Gasteiger partial charge is 0.376 e. The number of ether oxygens (including phenoxy) is 1. The smallest absolute Gasteiger partial charge is 0.0598 e. The van der Waals surface area contributed by atoms with Crippen LogP contribution in [0, 0.1) is 11.8 Å². The summed E-state index contributed by atoms with van der Waals surface area (Å²) in [6, 6.07) is 0.753. The minimum Gasteiger partial charge on any atom is -0.376 e. The Kier molecular flexibility index (Phi) is 5.46. The molecule has 0 radical (unpaired) electrons. The fraction of sp³-hybridized carbons (Fsp3) is 1.00. The second-order valence-corrected chi connectivity index (χ2v) is 7.01. The third-order valence-corrected chi connectivity index (χ3v) is 3.59. The summed E-state index contributed by atoms with van der Waals surface area (Å²) in [5, 5.41) is 0. The molecule has 0 unspecified atom stereocenters. The highest BCUT2D eigenvalue weighted by atomic mass is 16.5. The summed E-state index contributed by atoms with van der Waals surface area (Å²) in [6.45, 7) is 16.8. The SMILES string of the molecule is C[C@@H]1CC[C@H](C)N(C[C@@H](C)COC(C)(C)C)C1. The van der Waals surface area contributed by atoms with Crippen molar-refractivity contribution >= 4 is 0 Å². The molecule has 0 aromatic carbocycles. The predicted molar refractivity (Wildman–Crippen MR) is 74.3 cm³/mol. The third-order valence-electron chi connectivity index (χ3n) is 3.59. The normalized spacial score (nSPS) is 29.3. The van der Waals surface area contributed by atoms with Crippen LogP contribution in [-0.2, 0) is 4.74 Å². The molecule has 0 saturated carbocycles. The lowest BCUT2D eigenvalue weighted by atomic mass is 9.94. The molecule has 0 bridgehead atoms. The van der Waals surface area contributed by atoms with Crippen LogP contribution < -0.4 is 0 Å². The van der Waals surface area contributed by atoms with Crippen molar-refractivity contribution in [2.24, 2.45) is 11.8 Å². The Labute approximate surface area is 108 Å². The number of rotatable bonds is 4. The van der Waals surface area contributed by atoms with Gasteiger partial charge in [-0.15, -0.1) is 0 Å². The lowest BCUT2D eigenvalue weighted by Crippen LogP contribution is -2.44. The van der Waals surface area contributed by atoms with Gasteiger partial charge >= 0.3 is 0 Å². The predicted octanol–water partition coefficient (Wildman–Crippen LogP) is 3.56. The summed E-state index contributed by atoms with van der Waals surface area (Å²) >= 11 is 0. The molecule has 1 rings (SSSR count). The summed E-state index contributed by atoms with van der Waals surface area (Å²) in [7, 11) is 0. The van der Waals surface area contributed by atoms with E-state index in [1.54, 1.807) is 0 Å². The topological polar surface area (TPSA) is 12.5 Å². The van der Waals surface area contributed by atoms with Gasteiger partial charge in [0.15, 0.2) is 0 Å². The molecule has 0 aromatic heterocycles. The Morgan fingerprint density at radius 2 is 1.88 bits per heavy atom. The van der Waals surface area contributed by atoms with E-state index in [0.29, 0.717) is 5.92 Å². The molecule has 0 aliphatic carbocycles. The second kappa shape index (κ2) is 6.19. The summed E-state index contributed by atoms with van der Waals surface area (Å²) < 4.78 is 5.87. The average molecular weight is 241 g/mol. The van der Waals surface area contributed by atoms with Gasteiger partial charge in [-0.3, -0.25) is 0 Å². The number of piperidine rings is 1. The molecule has 0 N–H and O–H groups in total. The van der Waals surface area contributed by atoms with Crippen molar-refractivity contribution in [2.45, 2.75) is 66.0 Å². The molecule has 1 heterocycles. The quantitative estimate of drug-likeness (QED) is 0.746. The number of hydrogen-bond donors (Lipinski definition) is 0.